The van der Waals surface area contributed by atoms with E-state index in [0.29, 0.717) is 32.9 Å². The molecular formula is C23H19ClN2O4S2. The van der Waals surface area contributed by atoms with Crippen molar-refractivity contribution < 1.29 is 9.52 Å². The molecule has 0 bridgehead atoms. The van der Waals surface area contributed by atoms with Gasteiger partial charge in [-0.15, -0.1) is 11.3 Å². The summed E-state index contributed by atoms with van der Waals surface area (Å²) in [4.78, 5) is 32.3. The Morgan fingerprint density at radius 1 is 1.31 bits per heavy atom. The van der Waals surface area contributed by atoms with Crippen molar-refractivity contribution in [2.45, 2.75) is 37.1 Å². The minimum absolute atomic E-state index is 0.0981. The van der Waals surface area contributed by atoms with Crippen LogP contribution in [0.25, 0.3) is 15.9 Å². The summed E-state index contributed by atoms with van der Waals surface area (Å²) >= 11 is 8.96. The predicted molar refractivity (Wildman–Crippen MR) is 128 cm³/mol. The largest absolute Gasteiger partial charge is 0.502 e. The highest BCUT2D eigenvalue weighted by Gasteiger charge is 2.25. The molecular weight excluding hydrogens is 468 g/mol. The van der Waals surface area contributed by atoms with Gasteiger partial charge in [-0.3, -0.25) is 14.2 Å². The van der Waals surface area contributed by atoms with Gasteiger partial charge in [-0.25, -0.2) is 4.98 Å². The highest BCUT2D eigenvalue weighted by Crippen LogP contribution is 2.37. The number of aromatic nitrogens is 2. The van der Waals surface area contributed by atoms with E-state index in [-0.39, 0.29) is 11.3 Å². The fourth-order valence-electron chi connectivity index (χ4n) is 3.94. The van der Waals surface area contributed by atoms with Crippen LogP contribution >= 0.6 is 34.7 Å². The molecule has 0 radical (unpaired) electrons. The average Bonchev–Trinajstić information content (AvgIpc) is 3.13. The first-order valence-electron chi connectivity index (χ1n) is 10.2. The van der Waals surface area contributed by atoms with Crippen LogP contribution in [-0.2, 0) is 18.6 Å². The molecule has 1 aromatic carbocycles. The van der Waals surface area contributed by atoms with Gasteiger partial charge in [0.15, 0.2) is 10.9 Å². The predicted octanol–water partition coefficient (Wildman–Crippen LogP) is 5.18. The number of thiophene rings is 1. The number of aryl methyl sites for hydroxylation is 1. The molecule has 0 fully saturated rings. The maximum atomic E-state index is 13.7. The van der Waals surface area contributed by atoms with Gasteiger partial charge in [-0.1, -0.05) is 30.3 Å². The molecule has 1 aliphatic carbocycles. The maximum Gasteiger partial charge on any atom is 0.267 e. The molecule has 0 amide bonds. The topological polar surface area (TPSA) is 85.3 Å². The van der Waals surface area contributed by atoms with E-state index in [0.717, 1.165) is 35.9 Å². The Labute approximate surface area is 196 Å². The first kappa shape index (κ1) is 21.3. The Balaban J connectivity index is 1.65. The lowest BCUT2D eigenvalue weighted by atomic mass is 9.89. The number of fused-ring (bicyclic) bond motifs is 3. The average molecular weight is 487 g/mol. The zero-order valence-electron chi connectivity index (χ0n) is 17.1. The molecule has 0 saturated heterocycles. The van der Waals surface area contributed by atoms with Gasteiger partial charge in [0.05, 0.1) is 16.8 Å². The van der Waals surface area contributed by atoms with E-state index in [9.17, 15) is 14.7 Å². The van der Waals surface area contributed by atoms with E-state index in [1.165, 1.54) is 22.7 Å². The Bertz CT molecular complexity index is 1440. The molecule has 0 aliphatic heterocycles. The lowest BCUT2D eigenvalue weighted by Crippen LogP contribution is -2.22. The highest BCUT2D eigenvalue weighted by molar-refractivity contribution is 7.98. The summed E-state index contributed by atoms with van der Waals surface area (Å²) in [5, 5.41) is 11.2. The smallest absolute Gasteiger partial charge is 0.267 e. The second-order valence-electron chi connectivity index (χ2n) is 7.93. The lowest BCUT2D eigenvalue weighted by Gasteiger charge is -2.17. The van der Waals surface area contributed by atoms with Crippen LogP contribution in [0.4, 0.5) is 0 Å². The quantitative estimate of drug-likeness (QED) is 0.316. The van der Waals surface area contributed by atoms with Crippen LogP contribution in [-0.4, -0.2) is 14.7 Å². The van der Waals surface area contributed by atoms with Crippen molar-refractivity contribution in [1.29, 1.82) is 0 Å². The summed E-state index contributed by atoms with van der Waals surface area (Å²) in [5.74, 6) is 0.826. The maximum absolute atomic E-state index is 13.7. The number of nitrogens with zero attached hydrogens (tertiary/aromatic N) is 2. The molecule has 4 aromatic rings. The van der Waals surface area contributed by atoms with Crippen LogP contribution in [0.3, 0.4) is 0 Å². The standard InChI is InChI=1S/C23H19ClN2O4S2/c1-12-2-7-16-19(8-12)32-21-20(16)22(29)26(14-5-3-13(24)4-6-14)23(25-21)31-11-15-9-17(27)18(28)10-30-15/h3-6,9-10,12,28H,2,7-8,11H2,1H3. The van der Waals surface area contributed by atoms with Gasteiger partial charge in [-0.05, 0) is 55.0 Å². The fraction of sp³-hybridized carbons (Fsp3) is 0.261. The molecule has 32 heavy (non-hydrogen) atoms. The minimum atomic E-state index is -0.509. The normalized spacial score (nSPS) is 15.8. The van der Waals surface area contributed by atoms with Crippen LogP contribution in [0, 0.1) is 5.92 Å². The van der Waals surface area contributed by atoms with Crippen molar-refractivity contribution in [3.8, 4) is 11.4 Å². The number of hydrogen-bond acceptors (Lipinski definition) is 7. The number of thioether (sulfide) groups is 1. The highest BCUT2D eigenvalue weighted by atomic mass is 35.5. The molecule has 164 valence electrons. The van der Waals surface area contributed by atoms with Gasteiger partial charge in [-0.2, -0.15) is 0 Å². The monoisotopic (exact) mass is 486 g/mol. The number of benzene rings is 1. The van der Waals surface area contributed by atoms with Gasteiger partial charge in [0.2, 0.25) is 5.43 Å². The van der Waals surface area contributed by atoms with Gasteiger partial charge >= 0.3 is 0 Å². The van der Waals surface area contributed by atoms with Crippen molar-refractivity contribution in [2.75, 3.05) is 0 Å². The third-order valence-corrected chi connectivity index (χ3v) is 7.95. The van der Waals surface area contributed by atoms with Crippen LogP contribution in [0.15, 0.2) is 55.8 Å². The van der Waals surface area contributed by atoms with E-state index in [2.05, 4.69) is 6.92 Å². The molecule has 3 aromatic heterocycles. The van der Waals surface area contributed by atoms with Gasteiger partial charge in [0.25, 0.3) is 5.56 Å². The van der Waals surface area contributed by atoms with Crippen molar-refractivity contribution in [2.24, 2.45) is 5.92 Å². The number of aromatic hydroxyl groups is 1. The fourth-order valence-corrected chi connectivity index (χ4v) is 6.39. The molecule has 1 aliphatic rings. The second kappa shape index (κ2) is 8.42. The molecule has 0 spiro atoms. The molecule has 6 nitrogen and oxygen atoms in total. The SMILES string of the molecule is CC1CCc2c(sc3nc(SCc4cc(=O)c(O)co4)n(-c4ccc(Cl)cc4)c(=O)c23)C1. The van der Waals surface area contributed by atoms with E-state index in [1.807, 2.05) is 0 Å². The summed E-state index contributed by atoms with van der Waals surface area (Å²) < 4.78 is 6.92. The third kappa shape index (κ3) is 3.87. The molecule has 5 rings (SSSR count). The van der Waals surface area contributed by atoms with Crippen molar-refractivity contribution in [1.82, 2.24) is 9.55 Å². The van der Waals surface area contributed by atoms with Crippen LogP contribution in [0.1, 0.15) is 29.5 Å². The number of rotatable bonds is 4. The van der Waals surface area contributed by atoms with Crippen LogP contribution < -0.4 is 11.0 Å². The summed E-state index contributed by atoms with van der Waals surface area (Å²) in [6.07, 6.45) is 3.95. The zero-order valence-corrected chi connectivity index (χ0v) is 19.5. The van der Waals surface area contributed by atoms with E-state index < -0.39 is 11.2 Å². The Kier molecular flexibility index (Phi) is 5.61. The third-order valence-electron chi connectivity index (χ3n) is 5.59. The minimum Gasteiger partial charge on any atom is -0.502 e. The number of halogens is 1. The zero-order chi connectivity index (χ0) is 22.4. The summed E-state index contributed by atoms with van der Waals surface area (Å²) in [7, 11) is 0. The van der Waals surface area contributed by atoms with Gasteiger partial charge in [0, 0.05) is 16.0 Å². The van der Waals surface area contributed by atoms with Crippen molar-refractivity contribution >= 4 is 44.9 Å². The Morgan fingerprint density at radius 3 is 2.84 bits per heavy atom. The second-order valence-corrected chi connectivity index (χ2v) is 10.4. The lowest BCUT2D eigenvalue weighted by molar-refractivity contribution is 0.419. The van der Waals surface area contributed by atoms with Crippen molar-refractivity contribution in [3.05, 3.63) is 78.4 Å². The molecule has 1 N–H and O–H groups in total. The Morgan fingerprint density at radius 2 is 2.09 bits per heavy atom. The number of hydrogen-bond donors (Lipinski definition) is 1. The van der Waals surface area contributed by atoms with Crippen LogP contribution in [0.5, 0.6) is 5.75 Å². The van der Waals surface area contributed by atoms with E-state index in [1.54, 1.807) is 40.2 Å². The van der Waals surface area contributed by atoms with Gasteiger partial charge < -0.3 is 9.52 Å². The molecule has 1 unspecified atom stereocenters. The summed E-state index contributed by atoms with van der Waals surface area (Å²) in [5.41, 5.74) is 1.20. The molecule has 0 saturated carbocycles. The van der Waals surface area contributed by atoms with Gasteiger partial charge in [0.1, 0.15) is 16.9 Å². The van der Waals surface area contributed by atoms with Crippen LogP contribution in [0.2, 0.25) is 5.02 Å². The molecule has 1 atom stereocenters. The molecule has 3 heterocycles. The van der Waals surface area contributed by atoms with Crippen molar-refractivity contribution in [3.63, 3.8) is 0 Å². The summed E-state index contributed by atoms with van der Waals surface area (Å²) in [6.45, 7) is 2.24. The first-order chi connectivity index (χ1) is 15.4. The summed E-state index contributed by atoms with van der Waals surface area (Å²) in [6, 6.07) is 8.32. The van der Waals surface area contributed by atoms with E-state index >= 15 is 0 Å². The first-order valence-corrected chi connectivity index (χ1v) is 12.4. The van der Waals surface area contributed by atoms with E-state index in [4.69, 9.17) is 21.0 Å². The molecule has 9 heteroatoms. The Hall–Kier alpha value is -2.55.